The Balaban J connectivity index is 0.969. The van der Waals surface area contributed by atoms with Gasteiger partial charge < -0.3 is 49.3 Å². The van der Waals surface area contributed by atoms with Gasteiger partial charge in [0.15, 0.2) is 12.2 Å². The summed E-state index contributed by atoms with van der Waals surface area (Å²) in [4.78, 5) is 8.82. The molecule has 4 aliphatic rings. The molecule has 4 N–H and O–H groups in total. The highest BCUT2D eigenvalue weighted by Gasteiger charge is 2.49. The maximum absolute atomic E-state index is 9.94. The molecule has 3 aromatic rings. The van der Waals surface area contributed by atoms with Crippen LogP contribution in [0.15, 0.2) is 48.7 Å². The van der Waals surface area contributed by atoms with Crippen LogP contribution >= 0.6 is 23.2 Å². The van der Waals surface area contributed by atoms with Crippen LogP contribution in [0.4, 0.5) is 23.1 Å². The van der Waals surface area contributed by atoms with Gasteiger partial charge >= 0.3 is 0 Å². The van der Waals surface area contributed by atoms with Crippen molar-refractivity contribution in [1.29, 1.82) is 0 Å². The number of rotatable bonds is 8. The number of benzene rings is 2. The lowest BCUT2D eigenvalue weighted by Gasteiger charge is -2.19. The first-order chi connectivity index (χ1) is 20.4. The van der Waals surface area contributed by atoms with Gasteiger partial charge in [-0.05, 0) is 42.5 Å². The minimum absolute atomic E-state index is 0.228. The standard InChI is InChI=1S/C28H28Cl2N4O8/c29-15-7-13(1-3-19(15)41-21-11-39-24-17(35)9-37-26(21)24)32-23-5-6-31-28(34-23)33-14-2-4-20(16(30)8-14)42-22-12-40-25-18(36)10-38-27(22)25/h1-8,17-18,21-22,24-27,35-36H,9-12H2,(H2,31,32,33,34)/t17-,18-,21?,22?,24+,25+,26+,27+/m0/s1. The summed E-state index contributed by atoms with van der Waals surface area (Å²) in [6, 6.07) is 12.3. The second kappa shape index (κ2) is 11.6. The number of aliphatic hydroxyl groups excluding tert-OH is 2. The van der Waals surface area contributed by atoms with Crippen molar-refractivity contribution in [2.24, 2.45) is 0 Å². The summed E-state index contributed by atoms with van der Waals surface area (Å²) < 4.78 is 34.5. The fourth-order valence-corrected chi connectivity index (χ4v) is 5.98. The summed E-state index contributed by atoms with van der Waals surface area (Å²) in [6.07, 6.45) is -1.81. The minimum atomic E-state index is -0.648. The van der Waals surface area contributed by atoms with E-state index in [-0.39, 0.29) is 49.8 Å². The van der Waals surface area contributed by atoms with Crippen molar-refractivity contribution in [3.05, 3.63) is 58.7 Å². The molecule has 0 radical (unpaired) electrons. The summed E-state index contributed by atoms with van der Waals surface area (Å²) in [7, 11) is 0. The van der Waals surface area contributed by atoms with Gasteiger partial charge in [0, 0.05) is 17.6 Å². The number of anilines is 4. The molecule has 2 unspecified atom stereocenters. The molecule has 4 saturated heterocycles. The average Bonchev–Trinajstić information content (AvgIpc) is 3.74. The lowest BCUT2D eigenvalue weighted by molar-refractivity contribution is 0.00863. The van der Waals surface area contributed by atoms with Gasteiger partial charge in [-0.1, -0.05) is 23.2 Å². The highest BCUT2D eigenvalue weighted by atomic mass is 35.5. The van der Waals surface area contributed by atoms with Gasteiger partial charge in [-0.2, -0.15) is 4.98 Å². The zero-order valence-electron chi connectivity index (χ0n) is 22.1. The SMILES string of the molecule is O[C@H]1CO[C@@H]2C(Oc3ccc(Nc4ccnc(Nc5ccc(OC6CO[C@H]7[C@@H]6OC[C@@H]7O)c(Cl)c5)n4)cc3Cl)CO[C@@H]21. The van der Waals surface area contributed by atoms with Crippen molar-refractivity contribution in [3.63, 3.8) is 0 Å². The van der Waals surface area contributed by atoms with Gasteiger partial charge in [-0.25, -0.2) is 4.98 Å². The smallest absolute Gasteiger partial charge is 0.229 e. The van der Waals surface area contributed by atoms with E-state index < -0.39 is 12.2 Å². The number of nitrogens with one attached hydrogen (secondary N) is 2. The van der Waals surface area contributed by atoms with Gasteiger partial charge in [0.1, 0.15) is 53.9 Å². The predicted molar refractivity (Wildman–Crippen MR) is 151 cm³/mol. The molecule has 12 nitrogen and oxygen atoms in total. The van der Waals surface area contributed by atoms with Gasteiger partial charge in [0.2, 0.25) is 5.95 Å². The second-order valence-electron chi connectivity index (χ2n) is 10.4. The Morgan fingerprint density at radius 2 is 1.21 bits per heavy atom. The van der Waals surface area contributed by atoms with E-state index in [1.54, 1.807) is 42.6 Å². The van der Waals surface area contributed by atoms with Gasteiger partial charge in [-0.15, -0.1) is 0 Å². The lowest BCUT2D eigenvalue weighted by Crippen LogP contribution is -2.34. The van der Waals surface area contributed by atoms with Crippen LogP contribution in [-0.4, -0.2) is 95.4 Å². The van der Waals surface area contributed by atoms with Crippen molar-refractivity contribution in [1.82, 2.24) is 9.97 Å². The first-order valence-electron chi connectivity index (χ1n) is 13.5. The third-order valence-corrected chi connectivity index (χ3v) is 8.16. The lowest BCUT2D eigenvalue weighted by atomic mass is 10.1. The molecule has 8 atom stereocenters. The number of aliphatic hydroxyl groups is 2. The highest BCUT2D eigenvalue weighted by Crippen LogP contribution is 2.36. The molecule has 222 valence electrons. The van der Waals surface area contributed by atoms with Crippen LogP contribution in [0.1, 0.15) is 0 Å². The van der Waals surface area contributed by atoms with Crippen LogP contribution in [-0.2, 0) is 18.9 Å². The Kier molecular flexibility index (Phi) is 7.71. The topological polar surface area (TPSA) is 146 Å². The van der Waals surface area contributed by atoms with E-state index in [1.165, 1.54) is 0 Å². The molecule has 42 heavy (non-hydrogen) atoms. The molecule has 14 heteroatoms. The maximum atomic E-state index is 9.94. The van der Waals surface area contributed by atoms with Crippen molar-refractivity contribution < 1.29 is 38.6 Å². The summed E-state index contributed by atoms with van der Waals surface area (Å²) >= 11 is 13.0. The Bertz CT molecular complexity index is 1350. The minimum Gasteiger partial charge on any atom is -0.484 e. The van der Waals surface area contributed by atoms with Crippen molar-refractivity contribution >= 4 is 46.3 Å². The van der Waals surface area contributed by atoms with Crippen LogP contribution in [0.25, 0.3) is 0 Å². The normalized spacial score (nSPS) is 31.5. The third kappa shape index (κ3) is 5.56. The molecular formula is C28H28Cl2N4O8. The Hall–Kier alpha value is -2.94. The van der Waals surface area contributed by atoms with Gasteiger partial charge in [0.25, 0.3) is 0 Å². The van der Waals surface area contributed by atoms with Crippen LogP contribution in [0, 0.1) is 0 Å². The molecule has 1 aromatic heterocycles. The second-order valence-corrected chi connectivity index (χ2v) is 11.3. The Morgan fingerprint density at radius 3 is 1.76 bits per heavy atom. The van der Waals surface area contributed by atoms with Crippen LogP contribution in [0.5, 0.6) is 11.5 Å². The number of hydrogen-bond acceptors (Lipinski definition) is 12. The third-order valence-electron chi connectivity index (χ3n) is 7.57. The molecule has 0 saturated carbocycles. The van der Waals surface area contributed by atoms with E-state index in [2.05, 4.69) is 20.6 Å². The summed E-state index contributed by atoms with van der Waals surface area (Å²) in [5.41, 5.74) is 1.37. The van der Waals surface area contributed by atoms with Crippen molar-refractivity contribution in [2.75, 3.05) is 37.1 Å². The maximum Gasteiger partial charge on any atom is 0.229 e. The number of hydrogen-bond donors (Lipinski definition) is 4. The average molecular weight is 619 g/mol. The van der Waals surface area contributed by atoms with E-state index >= 15 is 0 Å². The first-order valence-corrected chi connectivity index (χ1v) is 14.3. The zero-order valence-corrected chi connectivity index (χ0v) is 23.6. The van der Waals surface area contributed by atoms with Crippen molar-refractivity contribution in [2.45, 2.75) is 48.8 Å². The van der Waals surface area contributed by atoms with E-state index in [0.29, 0.717) is 57.9 Å². The van der Waals surface area contributed by atoms with E-state index in [1.807, 2.05) is 6.07 Å². The van der Waals surface area contributed by atoms with Crippen LogP contribution in [0.3, 0.4) is 0 Å². The monoisotopic (exact) mass is 618 g/mol. The summed E-state index contributed by atoms with van der Waals surface area (Å²) in [6.45, 7) is 1.09. The molecule has 2 aromatic carbocycles. The fraction of sp³-hybridized carbons (Fsp3) is 0.429. The van der Waals surface area contributed by atoms with Gasteiger partial charge in [0.05, 0.1) is 36.5 Å². The van der Waals surface area contributed by atoms with E-state index in [0.717, 1.165) is 0 Å². The molecule has 5 heterocycles. The molecule has 0 bridgehead atoms. The molecule has 4 aliphatic heterocycles. The summed E-state index contributed by atoms with van der Waals surface area (Å²) in [5, 5.41) is 27.0. The molecule has 0 spiro atoms. The fourth-order valence-electron chi connectivity index (χ4n) is 5.53. The Morgan fingerprint density at radius 1 is 0.690 bits per heavy atom. The van der Waals surface area contributed by atoms with Crippen LogP contribution in [0.2, 0.25) is 10.0 Å². The Labute approximate surface area is 250 Å². The van der Waals surface area contributed by atoms with Crippen molar-refractivity contribution in [3.8, 4) is 11.5 Å². The quantitative estimate of drug-likeness (QED) is 0.294. The van der Waals surface area contributed by atoms with Crippen LogP contribution < -0.4 is 20.1 Å². The number of nitrogens with zero attached hydrogens (tertiary/aromatic N) is 2. The van der Waals surface area contributed by atoms with E-state index in [4.69, 9.17) is 51.6 Å². The number of ether oxygens (including phenoxy) is 6. The number of fused-ring (bicyclic) bond motifs is 2. The summed E-state index contributed by atoms with van der Waals surface area (Å²) in [5.74, 6) is 1.86. The highest BCUT2D eigenvalue weighted by molar-refractivity contribution is 6.32. The number of halogens is 2. The molecular weight excluding hydrogens is 591 g/mol. The van der Waals surface area contributed by atoms with Gasteiger partial charge in [-0.3, -0.25) is 0 Å². The largest absolute Gasteiger partial charge is 0.484 e. The number of aromatic nitrogens is 2. The zero-order chi connectivity index (χ0) is 28.8. The molecule has 7 rings (SSSR count). The predicted octanol–water partition coefficient (Wildman–Crippen LogP) is 3.08. The first kappa shape index (κ1) is 27.9. The molecule has 4 fully saturated rings. The van der Waals surface area contributed by atoms with E-state index in [9.17, 15) is 10.2 Å². The molecule has 0 amide bonds. The molecule has 0 aliphatic carbocycles.